The maximum Gasteiger partial charge on any atom is 0.323 e. The highest BCUT2D eigenvalue weighted by molar-refractivity contribution is 6.31. The zero-order valence-electron chi connectivity index (χ0n) is 45.7. The van der Waals surface area contributed by atoms with Crippen molar-refractivity contribution >= 4 is 43.7 Å². The number of hydrogen-bond donors (Lipinski definition) is 0. The Morgan fingerprint density at radius 3 is 0.833 bits per heavy atom. The second kappa shape index (κ2) is 35.4. The van der Waals surface area contributed by atoms with Gasteiger partial charge in [-0.25, -0.2) is 0 Å². The Kier molecular flexibility index (Phi) is 29.4. The largest absolute Gasteiger partial charge is 0.490 e. The van der Waals surface area contributed by atoms with Crippen LogP contribution in [0.25, 0.3) is 32.3 Å². The van der Waals surface area contributed by atoms with Crippen LogP contribution in [0, 0.1) is 20.2 Å². The third kappa shape index (κ3) is 18.9. The first-order valence-electron chi connectivity index (χ1n) is 28.9. The van der Waals surface area contributed by atoms with Gasteiger partial charge in [0, 0.05) is 16.2 Å². The van der Waals surface area contributed by atoms with Crippen LogP contribution < -0.4 is 28.4 Å². The summed E-state index contributed by atoms with van der Waals surface area (Å²) in [4.78, 5) is 27.0. The standard InChI is InChI=1S/C60H94N2O10/c1-7-13-19-25-31-37-67-51-43-47-48(44-52(51)68-38-32-26-20-14-8-2)55-50(46-54(70-40-34-28-22-16-10-4)60(57(55)61(63)64)72-42-36-30-24-18-12-6)56-49(47)45-53(69-39-33-27-21-15-9-3)59(58(56)62(65)66)71-41-35-29-23-17-11-5/h43-46H,7-42H2,1-6H3. The highest BCUT2D eigenvalue weighted by atomic mass is 16.6. The van der Waals surface area contributed by atoms with Crippen LogP contribution >= 0.6 is 0 Å². The van der Waals surface area contributed by atoms with Gasteiger partial charge in [-0.05, 0) is 68.2 Å². The number of hydrogen-bond acceptors (Lipinski definition) is 10. The molecule has 0 radical (unpaired) electrons. The van der Waals surface area contributed by atoms with Crippen LogP contribution in [0.3, 0.4) is 0 Å². The van der Waals surface area contributed by atoms with Gasteiger partial charge in [0.05, 0.1) is 60.3 Å². The van der Waals surface area contributed by atoms with Gasteiger partial charge < -0.3 is 28.4 Å². The van der Waals surface area contributed by atoms with Crippen LogP contribution in [0.15, 0.2) is 24.3 Å². The Morgan fingerprint density at radius 1 is 0.306 bits per heavy atom. The van der Waals surface area contributed by atoms with Crippen molar-refractivity contribution in [3.8, 4) is 34.5 Å². The Balaban J connectivity index is 2.14. The third-order valence-electron chi connectivity index (χ3n) is 13.7. The average molecular weight is 1000 g/mol. The zero-order chi connectivity index (χ0) is 51.8. The van der Waals surface area contributed by atoms with Crippen molar-refractivity contribution in [1.82, 2.24) is 0 Å². The SMILES string of the molecule is CCCCCCCOc1cc2c(cc1OCCCCCCC)c1c([N+](=O)[O-])c(OCCCCCCC)c(OCCCCCCC)cc1c1c([N+](=O)[O-])c(OCCCCCCC)c(OCCCCCCC)cc21. The van der Waals surface area contributed by atoms with Gasteiger partial charge in [-0.3, -0.25) is 20.2 Å². The van der Waals surface area contributed by atoms with E-state index in [-0.39, 0.29) is 58.4 Å². The maximum absolute atomic E-state index is 13.9. The van der Waals surface area contributed by atoms with Gasteiger partial charge in [0.1, 0.15) is 0 Å². The molecule has 0 heterocycles. The molecule has 0 saturated carbocycles. The number of ether oxygens (including phenoxy) is 6. The minimum absolute atomic E-state index is 0.0391. The molecule has 0 atom stereocenters. The van der Waals surface area contributed by atoms with Crippen molar-refractivity contribution in [2.75, 3.05) is 39.6 Å². The Hall–Kier alpha value is -4.74. The van der Waals surface area contributed by atoms with Crippen molar-refractivity contribution in [3.63, 3.8) is 0 Å². The normalized spacial score (nSPS) is 11.5. The van der Waals surface area contributed by atoms with E-state index in [0.717, 1.165) is 180 Å². The lowest BCUT2D eigenvalue weighted by Crippen LogP contribution is -2.08. The van der Waals surface area contributed by atoms with Gasteiger partial charge in [0.15, 0.2) is 23.0 Å². The molecule has 0 N–H and O–H groups in total. The molecule has 0 bridgehead atoms. The molecule has 0 aliphatic carbocycles. The fraction of sp³-hybridized carbons (Fsp3) is 0.700. The molecule has 4 rings (SSSR count). The van der Waals surface area contributed by atoms with Crippen LogP contribution in [-0.4, -0.2) is 49.5 Å². The number of unbranched alkanes of at least 4 members (excludes halogenated alkanes) is 24. The Labute approximate surface area is 433 Å². The summed E-state index contributed by atoms with van der Waals surface area (Å²) in [7, 11) is 0. The van der Waals surface area contributed by atoms with Gasteiger partial charge in [0.2, 0.25) is 11.5 Å². The van der Waals surface area contributed by atoms with E-state index in [1.165, 1.54) is 0 Å². The van der Waals surface area contributed by atoms with E-state index in [1.54, 1.807) is 6.07 Å². The molecule has 0 unspecified atom stereocenters. The molecule has 0 fully saturated rings. The van der Waals surface area contributed by atoms with E-state index in [1.807, 2.05) is 18.2 Å². The van der Waals surface area contributed by atoms with E-state index in [2.05, 4.69) is 41.5 Å². The summed E-state index contributed by atoms with van der Waals surface area (Å²) in [5, 5.41) is 30.2. The van der Waals surface area contributed by atoms with E-state index >= 15 is 0 Å². The summed E-state index contributed by atoms with van der Waals surface area (Å²) < 4.78 is 39.4. The monoisotopic (exact) mass is 1000 g/mol. The molecule has 4 aromatic carbocycles. The van der Waals surface area contributed by atoms with Crippen LogP contribution in [0.1, 0.15) is 234 Å². The molecular weight excluding hydrogens is 909 g/mol. The second-order valence-electron chi connectivity index (χ2n) is 19.9. The number of nitrogens with zero attached hydrogens (tertiary/aromatic N) is 2. The molecule has 4 aromatic rings. The quantitative estimate of drug-likeness (QED) is 0.0182. The van der Waals surface area contributed by atoms with Crippen LogP contribution in [-0.2, 0) is 0 Å². The smallest absolute Gasteiger partial charge is 0.323 e. The second-order valence-corrected chi connectivity index (χ2v) is 19.9. The van der Waals surface area contributed by atoms with Crippen molar-refractivity contribution in [2.24, 2.45) is 0 Å². The molecule has 0 amide bonds. The first-order valence-corrected chi connectivity index (χ1v) is 28.9. The predicted molar refractivity (Wildman–Crippen MR) is 298 cm³/mol. The molecular formula is C60H94N2O10. The number of fused-ring (bicyclic) bond motifs is 6. The van der Waals surface area contributed by atoms with Crippen molar-refractivity contribution < 1.29 is 38.3 Å². The van der Waals surface area contributed by atoms with Crippen molar-refractivity contribution in [2.45, 2.75) is 234 Å². The minimum atomic E-state index is -0.404. The lowest BCUT2D eigenvalue weighted by molar-refractivity contribution is -0.384. The Morgan fingerprint density at radius 2 is 0.542 bits per heavy atom. The summed E-state index contributed by atoms with van der Waals surface area (Å²) in [6.07, 6.45) is 30.3. The molecule has 0 aromatic heterocycles. The molecule has 0 saturated heterocycles. The van der Waals surface area contributed by atoms with Crippen LogP contribution in [0.5, 0.6) is 34.5 Å². The van der Waals surface area contributed by atoms with E-state index in [4.69, 9.17) is 28.4 Å². The van der Waals surface area contributed by atoms with Crippen LogP contribution in [0.4, 0.5) is 11.4 Å². The van der Waals surface area contributed by atoms with E-state index in [0.29, 0.717) is 72.3 Å². The fourth-order valence-corrected chi connectivity index (χ4v) is 9.58. The van der Waals surface area contributed by atoms with Gasteiger partial charge in [-0.15, -0.1) is 0 Å². The first-order chi connectivity index (χ1) is 35.3. The molecule has 0 spiro atoms. The number of nitro groups is 2. The molecule has 12 nitrogen and oxygen atoms in total. The fourth-order valence-electron chi connectivity index (χ4n) is 9.58. The summed E-state index contributed by atoms with van der Waals surface area (Å²) in [6.45, 7) is 15.1. The van der Waals surface area contributed by atoms with E-state index < -0.39 is 9.85 Å². The van der Waals surface area contributed by atoms with E-state index in [9.17, 15) is 20.2 Å². The van der Waals surface area contributed by atoms with Crippen molar-refractivity contribution in [1.29, 1.82) is 0 Å². The average Bonchev–Trinajstić information content (AvgIpc) is 3.37. The van der Waals surface area contributed by atoms with Gasteiger partial charge >= 0.3 is 11.4 Å². The maximum atomic E-state index is 13.9. The topological polar surface area (TPSA) is 142 Å². The lowest BCUT2D eigenvalue weighted by Gasteiger charge is -2.21. The summed E-state index contributed by atoms with van der Waals surface area (Å²) in [6, 6.07) is 7.33. The number of rotatable bonds is 44. The lowest BCUT2D eigenvalue weighted by atomic mass is 9.91. The van der Waals surface area contributed by atoms with Gasteiger partial charge in [-0.1, -0.05) is 196 Å². The zero-order valence-corrected chi connectivity index (χ0v) is 45.7. The molecule has 404 valence electrons. The summed E-state index contributed by atoms with van der Waals surface area (Å²) in [5.41, 5.74) is -0.576. The number of nitro benzene ring substituents is 2. The third-order valence-corrected chi connectivity index (χ3v) is 13.7. The highest BCUT2D eigenvalue weighted by Gasteiger charge is 2.35. The molecule has 12 heteroatoms. The van der Waals surface area contributed by atoms with Gasteiger partial charge in [0.25, 0.3) is 0 Å². The van der Waals surface area contributed by atoms with Crippen molar-refractivity contribution in [3.05, 3.63) is 44.5 Å². The highest BCUT2D eigenvalue weighted by Crippen LogP contribution is 2.55. The molecule has 0 aliphatic rings. The summed E-state index contributed by atoms with van der Waals surface area (Å²) >= 11 is 0. The van der Waals surface area contributed by atoms with Crippen LogP contribution in [0.2, 0.25) is 0 Å². The minimum Gasteiger partial charge on any atom is -0.490 e. The molecule has 0 aliphatic heterocycles. The number of benzene rings is 4. The summed E-state index contributed by atoms with van der Waals surface area (Å²) in [5.74, 6) is 1.54. The first kappa shape index (κ1) is 59.8. The Bertz CT molecular complexity index is 2110. The van der Waals surface area contributed by atoms with Gasteiger partial charge in [-0.2, -0.15) is 0 Å². The predicted octanol–water partition coefficient (Wildman–Crippen LogP) is 19.1. The molecule has 72 heavy (non-hydrogen) atoms.